The monoisotopic (exact) mass is 879 g/mol. The number of unbranched alkanes of at least 4 members (excludes halogenated alkanes) is 3. The lowest BCUT2D eigenvalue weighted by atomic mass is 9.87. The zero-order valence-electron chi connectivity index (χ0n) is 30.6. The van der Waals surface area contributed by atoms with Gasteiger partial charge in [-0.2, -0.15) is 4.31 Å². The molecule has 0 spiro atoms. The summed E-state index contributed by atoms with van der Waals surface area (Å²) in [6.45, 7) is 2.64. The van der Waals surface area contributed by atoms with Crippen molar-refractivity contribution in [1.82, 2.24) is 30.2 Å². The number of carbonyl (C=O) groups is 3. The molecule has 2 amide bonds. The van der Waals surface area contributed by atoms with Crippen LogP contribution in [0, 0.1) is 5.41 Å². The van der Waals surface area contributed by atoms with Crippen LogP contribution in [0.15, 0.2) is 12.7 Å². The minimum atomic E-state index is -5.56. The molecule has 3 heterocycles. The van der Waals surface area contributed by atoms with Crippen LogP contribution in [-0.4, -0.2) is 123 Å². The minimum absolute atomic E-state index is 0.0323. The largest absolute Gasteiger partial charge is 0.481 e. The molecule has 7 atom stereocenters. The van der Waals surface area contributed by atoms with E-state index < -0.39 is 84.6 Å². The highest BCUT2D eigenvalue weighted by molar-refractivity contribution is 8.13. The fourth-order valence-corrected chi connectivity index (χ4v) is 8.61. The molecule has 1 saturated heterocycles. The van der Waals surface area contributed by atoms with Crippen molar-refractivity contribution < 1.29 is 80.5 Å². The number of thioether (sulfide) groups is 1. The number of imidazole rings is 1. The Morgan fingerprint density at radius 3 is 2.39 bits per heavy atom. The van der Waals surface area contributed by atoms with Crippen LogP contribution in [-0.2, 0) is 50.7 Å². The molecule has 2 aromatic rings. The average Bonchev–Trinajstić information content (AvgIpc) is 3.66. The van der Waals surface area contributed by atoms with Crippen molar-refractivity contribution in [3.8, 4) is 0 Å². The van der Waals surface area contributed by atoms with E-state index in [1.807, 2.05) is 0 Å². The molecule has 1 aliphatic rings. The maximum Gasteiger partial charge on any atom is 0.481 e. The van der Waals surface area contributed by atoms with Crippen LogP contribution in [0.3, 0.4) is 0 Å². The first-order chi connectivity index (χ1) is 26.1. The Bertz CT molecular complexity index is 1800. The number of aliphatic hydroxyl groups excluding tert-OH is 2. The summed E-state index contributed by atoms with van der Waals surface area (Å²) in [5.74, 6) is -1.04. The number of hydrogen-bond acceptors (Lipinski definition) is 18. The molecule has 3 rings (SSSR count). The Morgan fingerprint density at radius 2 is 1.71 bits per heavy atom. The molecule has 0 bridgehead atoms. The van der Waals surface area contributed by atoms with Crippen LogP contribution < -0.4 is 16.4 Å². The molecule has 2 unspecified atom stereocenters. The number of nitrogens with one attached hydrogen (secondary N) is 2. The van der Waals surface area contributed by atoms with E-state index in [0.29, 0.717) is 12.2 Å². The van der Waals surface area contributed by atoms with Crippen molar-refractivity contribution in [2.75, 3.05) is 37.8 Å². The molecule has 318 valence electrons. The molecule has 0 aliphatic carbocycles. The number of nitrogens with zero attached hydrogens (tertiary/aromatic N) is 4. The smallest absolute Gasteiger partial charge is 0.386 e. The Morgan fingerprint density at radius 1 is 1.02 bits per heavy atom. The van der Waals surface area contributed by atoms with Gasteiger partial charge in [0, 0.05) is 37.1 Å². The van der Waals surface area contributed by atoms with Crippen molar-refractivity contribution in [2.45, 2.75) is 89.9 Å². The minimum Gasteiger partial charge on any atom is -0.386 e. The second kappa shape index (κ2) is 21.0. The predicted octanol–water partition coefficient (Wildman–Crippen LogP) is 0.635. The maximum atomic E-state index is 12.7. The van der Waals surface area contributed by atoms with Gasteiger partial charge < -0.3 is 50.9 Å². The standard InChI is InChI=1S/C28H48N7O17P3S/c1-4-5-6-7-8-19(37)56-12-11-30-18(36)9-10-31-26(40)23(39)28(2,3)14-49-55(46,47)52-54(44,45)48-13-17-22(51-53(41,42)43)21(38)27(50-17)35-16-34-20-24(29)32-15-33-25(20)35/h15-17,21-23,27,38-39H,4-14H2,1-3H3,(H,30,36)(H,31,40)(H,44,45)(H,46,47)(H2,29,32,33)(H2,41,42,43)/t17-,21-,22-,23+,27-/m1/s1. The number of aromatic nitrogens is 4. The third-order valence-corrected chi connectivity index (χ3v) is 12.0. The lowest BCUT2D eigenvalue weighted by Crippen LogP contribution is -2.46. The number of amides is 2. The van der Waals surface area contributed by atoms with Gasteiger partial charge in [-0.3, -0.25) is 32.5 Å². The quantitative estimate of drug-likeness (QED) is 0.0516. The van der Waals surface area contributed by atoms with E-state index in [4.69, 9.17) is 19.5 Å². The molecule has 0 radical (unpaired) electrons. The summed E-state index contributed by atoms with van der Waals surface area (Å²) in [7, 11) is -16.4. The van der Waals surface area contributed by atoms with E-state index in [0.717, 1.165) is 54.7 Å². The highest BCUT2D eigenvalue weighted by Crippen LogP contribution is 2.61. The fourth-order valence-electron chi connectivity index (χ4n) is 5.06. The van der Waals surface area contributed by atoms with Crippen LogP contribution >= 0.6 is 35.2 Å². The summed E-state index contributed by atoms with van der Waals surface area (Å²) < 4.78 is 62.1. The van der Waals surface area contributed by atoms with Gasteiger partial charge in [-0.1, -0.05) is 51.8 Å². The molecule has 1 aliphatic heterocycles. The van der Waals surface area contributed by atoms with Gasteiger partial charge in [0.1, 0.15) is 36.3 Å². The van der Waals surface area contributed by atoms with E-state index in [1.165, 1.54) is 13.8 Å². The molecule has 28 heteroatoms. The highest BCUT2D eigenvalue weighted by Gasteiger charge is 2.50. The number of phosphoric acid groups is 3. The molecular formula is C28H48N7O17P3S. The van der Waals surface area contributed by atoms with Gasteiger partial charge in [0.15, 0.2) is 22.8 Å². The molecule has 24 nitrogen and oxygen atoms in total. The Labute approximate surface area is 325 Å². The van der Waals surface area contributed by atoms with Gasteiger partial charge in [-0.25, -0.2) is 28.6 Å². The molecule has 10 N–H and O–H groups in total. The van der Waals surface area contributed by atoms with Crippen LogP contribution in [0.5, 0.6) is 0 Å². The number of rotatable bonds is 24. The lowest BCUT2D eigenvalue weighted by molar-refractivity contribution is -0.137. The first kappa shape index (κ1) is 47.9. The average molecular weight is 880 g/mol. The zero-order chi connectivity index (χ0) is 41.9. The summed E-state index contributed by atoms with van der Waals surface area (Å²) >= 11 is 1.13. The number of nitrogens with two attached hydrogens (primary N) is 1. The van der Waals surface area contributed by atoms with Crippen LogP contribution in [0.25, 0.3) is 11.2 Å². The fraction of sp³-hybridized carbons (Fsp3) is 0.714. The van der Waals surface area contributed by atoms with E-state index >= 15 is 0 Å². The number of carbonyl (C=O) groups excluding carboxylic acids is 3. The van der Waals surface area contributed by atoms with Gasteiger partial charge in [-0.15, -0.1) is 0 Å². The van der Waals surface area contributed by atoms with E-state index in [1.54, 1.807) is 0 Å². The van der Waals surface area contributed by atoms with E-state index in [9.17, 15) is 57.9 Å². The Kier molecular flexibility index (Phi) is 18.0. The van der Waals surface area contributed by atoms with Crippen LogP contribution in [0.4, 0.5) is 5.82 Å². The molecule has 0 aromatic carbocycles. The van der Waals surface area contributed by atoms with Gasteiger partial charge >= 0.3 is 23.5 Å². The highest BCUT2D eigenvalue weighted by atomic mass is 32.2. The van der Waals surface area contributed by atoms with Gasteiger partial charge in [0.25, 0.3) is 0 Å². The second-order valence-electron chi connectivity index (χ2n) is 13.1. The number of fused-ring (bicyclic) bond motifs is 1. The van der Waals surface area contributed by atoms with Crippen molar-refractivity contribution in [1.29, 1.82) is 0 Å². The summed E-state index contributed by atoms with van der Waals surface area (Å²) in [6, 6.07) is 0. The van der Waals surface area contributed by atoms with Crippen molar-refractivity contribution in [3.63, 3.8) is 0 Å². The third-order valence-electron chi connectivity index (χ3n) is 8.00. The van der Waals surface area contributed by atoms with Crippen molar-refractivity contribution in [3.05, 3.63) is 12.7 Å². The van der Waals surface area contributed by atoms with E-state index in [-0.39, 0.29) is 41.6 Å². The number of hydrogen-bond donors (Lipinski definition) is 9. The molecule has 1 fully saturated rings. The van der Waals surface area contributed by atoms with Crippen LogP contribution in [0.1, 0.15) is 65.5 Å². The molecule has 0 saturated carbocycles. The zero-order valence-corrected chi connectivity index (χ0v) is 34.1. The number of phosphoric ester groups is 3. The van der Waals surface area contributed by atoms with Crippen molar-refractivity contribution in [2.24, 2.45) is 5.41 Å². The molecule has 2 aromatic heterocycles. The summed E-state index contributed by atoms with van der Waals surface area (Å²) in [5.41, 5.74) is 4.27. The van der Waals surface area contributed by atoms with Crippen LogP contribution in [0.2, 0.25) is 0 Å². The maximum absolute atomic E-state index is 12.7. The Hall–Kier alpha value is -2.44. The predicted molar refractivity (Wildman–Crippen MR) is 196 cm³/mol. The first-order valence-electron chi connectivity index (χ1n) is 17.1. The van der Waals surface area contributed by atoms with Gasteiger partial charge in [0.2, 0.25) is 11.8 Å². The number of ether oxygens (including phenoxy) is 1. The summed E-state index contributed by atoms with van der Waals surface area (Å²) in [5, 5.41) is 26.4. The van der Waals surface area contributed by atoms with E-state index in [2.05, 4.69) is 41.3 Å². The molecule has 56 heavy (non-hydrogen) atoms. The number of nitrogen functional groups attached to an aromatic ring is 1. The SMILES string of the molecule is CCCCCCC(=O)SCCNC(=O)CCNC(=O)[C@H](O)C(C)(C)COP(=O)(O)OP(=O)(O)OC[C@H]1O[C@@H](n2cnc3c(N)ncnc32)[C@H](O)[C@@H]1OP(=O)(O)O. The third kappa shape index (κ3) is 15.1. The Balaban J connectivity index is 1.47. The lowest BCUT2D eigenvalue weighted by Gasteiger charge is -2.30. The molecular weight excluding hydrogens is 831 g/mol. The van der Waals surface area contributed by atoms with Crippen molar-refractivity contribution >= 4 is 69.1 Å². The van der Waals surface area contributed by atoms with Gasteiger partial charge in [-0.05, 0) is 6.42 Å². The summed E-state index contributed by atoms with van der Waals surface area (Å²) in [4.78, 5) is 87.5. The number of anilines is 1. The first-order valence-corrected chi connectivity index (χ1v) is 22.6. The normalized spacial score (nSPS) is 21.7. The summed E-state index contributed by atoms with van der Waals surface area (Å²) in [6.07, 6.45) is -2.45. The number of aliphatic hydroxyl groups is 2. The topological polar surface area (TPSA) is 364 Å². The van der Waals surface area contributed by atoms with Gasteiger partial charge in [0.05, 0.1) is 19.5 Å². The second-order valence-corrected chi connectivity index (χ2v) is 18.5.